The van der Waals surface area contributed by atoms with Crippen molar-refractivity contribution in [1.82, 2.24) is 4.90 Å². The average molecular weight is 292 g/mol. The number of likely N-dealkylation sites (N-methyl/N-ethyl adjacent to an activating group) is 1. The molecule has 21 heavy (non-hydrogen) atoms. The Balaban J connectivity index is 2.08. The molecule has 0 radical (unpaired) electrons. The van der Waals surface area contributed by atoms with Crippen LogP contribution in [0, 0.1) is 10.1 Å². The minimum absolute atomic E-state index is 0.0921. The van der Waals surface area contributed by atoms with Gasteiger partial charge < -0.3 is 9.64 Å². The van der Waals surface area contributed by atoms with E-state index in [1.54, 1.807) is 6.07 Å². The summed E-state index contributed by atoms with van der Waals surface area (Å²) in [6.07, 6.45) is 3.49. The molecule has 0 bridgehead atoms. The Kier molecular flexibility index (Phi) is 4.90. The van der Waals surface area contributed by atoms with Gasteiger partial charge in [-0.2, -0.15) is 0 Å². The summed E-state index contributed by atoms with van der Waals surface area (Å²) < 4.78 is 5.72. The quantitative estimate of drug-likeness (QED) is 0.474. The number of carbonyl (C=O) groups excluding carboxylic acids is 1. The van der Waals surface area contributed by atoms with Crippen LogP contribution in [0.25, 0.3) is 0 Å². The molecular formula is C15H20N2O4. The molecule has 0 spiro atoms. The molecule has 0 aromatic heterocycles. The summed E-state index contributed by atoms with van der Waals surface area (Å²) >= 11 is 0. The zero-order chi connectivity index (χ0) is 15.4. The lowest BCUT2D eigenvalue weighted by molar-refractivity contribution is -0.385. The fraction of sp³-hybridized carbons (Fsp3) is 0.533. The first-order valence-electron chi connectivity index (χ1n) is 7.11. The summed E-state index contributed by atoms with van der Waals surface area (Å²) in [4.78, 5) is 24.1. The number of nitro benzene ring substituents is 1. The molecule has 1 atom stereocenters. The lowest BCUT2D eigenvalue weighted by Crippen LogP contribution is -2.40. The molecular weight excluding hydrogens is 272 g/mol. The van der Waals surface area contributed by atoms with Crippen LogP contribution >= 0.6 is 0 Å². The molecule has 1 aromatic carbocycles. The van der Waals surface area contributed by atoms with Gasteiger partial charge in [0.1, 0.15) is 12.4 Å². The van der Waals surface area contributed by atoms with Crippen molar-refractivity contribution in [2.45, 2.75) is 32.2 Å². The van der Waals surface area contributed by atoms with E-state index in [4.69, 9.17) is 4.74 Å². The molecule has 1 aromatic rings. The summed E-state index contributed by atoms with van der Waals surface area (Å²) in [5.41, 5.74) is -0.0841. The highest BCUT2D eigenvalue weighted by molar-refractivity contribution is 5.98. The maximum atomic E-state index is 11.5. The van der Waals surface area contributed by atoms with Crippen LogP contribution in [0.1, 0.15) is 36.5 Å². The van der Waals surface area contributed by atoms with Crippen LogP contribution in [0.15, 0.2) is 18.2 Å². The molecule has 1 aliphatic rings. The second-order valence-electron chi connectivity index (χ2n) is 5.43. The number of likely N-dealkylation sites (tertiary alicyclic amines) is 1. The number of piperidine rings is 1. The molecule has 6 heteroatoms. The Labute approximate surface area is 123 Å². The van der Waals surface area contributed by atoms with Crippen molar-refractivity contribution in [2.75, 3.05) is 20.2 Å². The number of nitro groups is 1. The first-order chi connectivity index (χ1) is 9.99. The van der Waals surface area contributed by atoms with Gasteiger partial charge in [-0.3, -0.25) is 14.9 Å². The third kappa shape index (κ3) is 3.78. The molecule has 1 fully saturated rings. The fourth-order valence-corrected chi connectivity index (χ4v) is 2.59. The van der Waals surface area contributed by atoms with E-state index in [1.807, 2.05) is 0 Å². The minimum atomic E-state index is -0.546. The van der Waals surface area contributed by atoms with Crippen LogP contribution in [0.2, 0.25) is 0 Å². The molecule has 1 aliphatic heterocycles. The smallest absolute Gasteiger partial charge is 0.280 e. The largest absolute Gasteiger partial charge is 0.492 e. The maximum absolute atomic E-state index is 11.5. The number of carbonyl (C=O) groups is 1. The standard InChI is InChI=1S/C15H20N2O4/c1-11(18)14-9-13(6-7-15(14)17(19)20)21-10-12-5-3-4-8-16(12)2/h6-7,9,12H,3-5,8,10H2,1-2H3. The van der Waals surface area contributed by atoms with Gasteiger partial charge in [0.25, 0.3) is 5.69 Å². The molecule has 1 heterocycles. The second-order valence-corrected chi connectivity index (χ2v) is 5.43. The van der Waals surface area contributed by atoms with Crippen LogP contribution in [0.4, 0.5) is 5.69 Å². The normalized spacial score (nSPS) is 19.2. The Morgan fingerprint density at radius 3 is 2.86 bits per heavy atom. The topological polar surface area (TPSA) is 72.7 Å². The van der Waals surface area contributed by atoms with E-state index in [0.29, 0.717) is 18.4 Å². The molecule has 0 N–H and O–H groups in total. The van der Waals surface area contributed by atoms with E-state index in [2.05, 4.69) is 11.9 Å². The van der Waals surface area contributed by atoms with Crippen molar-refractivity contribution < 1.29 is 14.5 Å². The summed E-state index contributed by atoms with van der Waals surface area (Å²) in [6.45, 7) is 2.92. The van der Waals surface area contributed by atoms with Gasteiger partial charge in [-0.1, -0.05) is 6.42 Å². The lowest BCUT2D eigenvalue weighted by atomic mass is 10.0. The molecule has 6 nitrogen and oxygen atoms in total. The third-order valence-corrected chi connectivity index (χ3v) is 3.91. The highest BCUT2D eigenvalue weighted by Crippen LogP contribution is 2.25. The van der Waals surface area contributed by atoms with Gasteiger partial charge in [0, 0.05) is 12.1 Å². The average Bonchev–Trinajstić information content (AvgIpc) is 2.46. The number of ketones is 1. The van der Waals surface area contributed by atoms with E-state index in [1.165, 1.54) is 31.9 Å². The Bertz CT molecular complexity index is 544. The van der Waals surface area contributed by atoms with Gasteiger partial charge in [-0.25, -0.2) is 0 Å². The Morgan fingerprint density at radius 1 is 1.48 bits per heavy atom. The number of benzene rings is 1. The first-order valence-corrected chi connectivity index (χ1v) is 7.11. The van der Waals surface area contributed by atoms with Gasteiger partial charge in [-0.15, -0.1) is 0 Å². The second kappa shape index (κ2) is 6.67. The van der Waals surface area contributed by atoms with Crippen LogP contribution in [0.5, 0.6) is 5.75 Å². The van der Waals surface area contributed by atoms with Crippen molar-refractivity contribution in [3.63, 3.8) is 0 Å². The Morgan fingerprint density at radius 2 is 2.24 bits per heavy atom. The van der Waals surface area contributed by atoms with Crippen LogP contribution in [-0.2, 0) is 0 Å². The van der Waals surface area contributed by atoms with Crippen LogP contribution < -0.4 is 4.74 Å². The van der Waals surface area contributed by atoms with Crippen molar-refractivity contribution in [3.8, 4) is 5.75 Å². The van der Waals surface area contributed by atoms with Gasteiger partial charge in [-0.05, 0) is 45.5 Å². The molecule has 0 amide bonds. The Hall–Kier alpha value is -1.95. The van der Waals surface area contributed by atoms with E-state index in [9.17, 15) is 14.9 Å². The molecule has 2 rings (SSSR count). The van der Waals surface area contributed by atoms with Gasteiger partial charge in [0.15, 0.2) is 5.78 Å². The third-order valence-electron chi connectivity index (χ3n) is 3.91. The SMILES string of the molecule is CC(=O)c1cc(OCC2CCCCN2C)ccc1[N+](=O)[O-]. The zero-order valence-electron chi connectivity index (χ0n) is 12.4. The van der Waals surface area contributed by atoms with E-state index >= 15 is 0 Å². The van der Waals surface area contributed by atoms with E-state index in [-0.39, 0.29) is 17.0 Å². The summed E-state index contributed by atoms with van der Waals surface area (Å²) in [7, 11) is 2.07. The van der Waals surface area contributed by atoms with Crippen LogP contribution in [0.3, 0.4) is 0 Å². The summed E-state index contributed by atoms with van der Waals surface area (Å²) in [6, 6.07) is 4.70. The number of nitrogens with zero attached hydrogens (tertiary/aromatic N) is 2. The molecule has 0 saturated carbocycles. The number of ether oxygens (including phenoxy) is 1. The predicted molar refractivity (Wildman–Crippen MR) is 78.9 cm³/mol. The number of Topliss-reactive ketones (excluding diaryl/α,β-unsaturated/α-hetero) is 1. The van der Waals surface area contributed by atoms with Crippen LogP contribution in [-0.4, -0.2) is 41.8 Å². The molecule has 1 saturated heterocycles. The fourth-order valence-electron chi connectivity index (χ4n) is 2.59. The van der Waals surface area contributed by atoms with Crippen molar-refractivity contribution >= 4 is 11.5 Å². The van der Waals surface area contributed by atoms with E-state index < -0.39 is 4.92 Å². The van der Waals surface area contributed by atoms with Crippen molar-refractivity contribution in [2.24, 2.45) is 0 Å². The minimum Gasteiger partial charge on any atom is -0.492 e. The zero-order valence-corrected chi connectivity index (χ0v) is 12.4. The molecule has 0 aliphatic carbocycles. The molecule has 1 unspecified atom stereocenters. The summed E-state index contributed by atoms with van der Waals surface area (Å²) in [5.74, 6) is 0.173. The maximum Gasteiger partial charge on any atom is 0.280 e. The lowest BCUT2D eigenvalue weighted by Gasteiger charge is -2.32. The molecule has 114 valence electrons. The number of hydrogen-bond donors (Lipinski definition) is 0. The van der Waals surface area contributed by atoms with E-state index in [0.717, 1.165) is 13.0 Å². The van der Waals surface area contributed by atoms with Gasteiger partial charge in [0.05, 0.1) is 10.5 Å². The van der Waals surface area contributed by atoms with Gasteiger partial charge >= 0.3 is 0 Å². The van der Waals surface area contributed by atoms with Gasteiger partial charge in [0.2, 0.25) is 0 Å². The summed E-state index contributed by atoms with van der Waals surface area (Å²) in [5, 5.41) is 10.9. The first kappa shape index (κ1) is 15.4. The highest BCUT2D eigenvalue weighted by Gasteiger charge is 2.21. The number of hydrogen-bond acceptors (Lipinski definition) is 5. The predicted octanol–water partition coefficient (Wildman–Crippen LogP) is 2.66. The number of rotatable bonds is 5. The highest BCUT2D eigenvalue weighted by atomic mass is 16.6. The van der Waals surface area contributed by atoms with Crippen molar-refractivity contribution in [3.05, 3.63) is 33.9 Å². The van der Waals surface area contributed by atoms with Crippen molar-refractivity contribution in [1.29, 1.82) is 0 Å². The monoisotopic (exact) mass is 292 g/mol.